The number of para-hydroxylation sites is 1. The molecule has 0 heterocycles. The van der Waals surface area contributed by atoms with E-state index in [2.05, 4.69) is 29.4 Å². The zero-order valence-corrected chi connectivity index (χ0v) is 15.3. The van der Waals surface area contributed by atoms with E-state index in [1.165, 1.54) is 5.56 Å². The summed E-state index contributed by atoms with van der Waals surface area (Å²) in [4.78, 5) is 16.4. The summed E-state index contributed by atoms with van der Waals surface area (Å²) in [5.41, 5.74) is 3.94. The lowest BCUT2D eigenvalue weighted by molar-refractivity contribution is -0.118. The van der Waals surface area contributed by atoms with Crippen molar-refractivity contribution in [3.8, 4) is 5.75 Å². The van der Waals surface area contributed by atoms with E-state index in [9.17, 15) is 4.79 Å². The molecule has 0 unspecified atom stereocenters. The molecule has 136 valence electrons. The Labute approximate surface area is 159 Å². The molecule has 0 spiro atoms. The van der Waals surface area contributed by atoms with Crippen LogP contribution in [-0.4, -0.2) is 18.7 Å². The Hall–Kier alpha value is -3.40. The van der Waals surface area contributed by atoms with Gasteiger partial charge in [-0.15, -0.1) is 0 Å². The summed E-state index contributed by atoms with van der Waals surface area (Å²) in [6.45, 7) is 2.10. The molecular formula is C23H22N2O2. The SMILES string of the molecule is CCc1ccc(N=Cc2ccc(OCC(=O)Nc3ccccc3)cc2)cc1. The number of nitrogens with zero attached hydrogens (tertiary/aromatic N) is 1. The number of aliphatic imine (C=N–C) groups is 1. The Morgan fingerprint density at radius 2 is 1.67 bits per heavy atom. The Morgan fingerprint density at radius 3 is 2.33 bits per heavy atom. The number of carbonyl (C=O) groups is 1. The van der Waals surface area contributed by atoms with Crippen molar-refractivity contribution in [2.24, 2.45) is 4.99 Å². The molecule has 0 atom stereocenters. The molecule has 1 amide bonds. The zero-order valence-electron chi connectivity index (χ0n) is 15.3. The van der Waals surface area contributed by atoms with Crippen molar-refractivity contribution in [2.45, 2.75) is 13.3 Å². The van der Waals surface area contributed by atoms with Crippen LogP contribution in [0.5, 0.6) is 5.75 Å². The van der Waals surface area contributed by atoms with Gasteiger partial charge in [0.15, 0.2) is 6.61 Å². The maximum atomic E-state index is 11.9. The smallest absolute Gasteiger partial charge is 0.262 e. The van der Waals surface area contributed by atoms with Crippen molar-refractivity contribution in [1.82, 2.24) is 0 Å². The van der Waals surface area contributed by atoms with Crippen LogP contribution in [-0.2, 0) is 11.2 Å². The van der Waals surface area contributed by atoms with E-state index in [1.807, 2.05) is 72.9 Å². The molecule has 0 saturated carbocycles. The highest BCUT2D eigenvalue weighted by Gasteiger charge is 2.03. The molecule has 3 aromatic rings. The van der Waals surface area contributed by atoms with Crippen LogP contribution in [0.2, 0.25) is 0 Å². The number of anilines is 1. The Balaban J connectivity index is 1.50. The molecule has 1 N–H and O–H groups in total. The Bertz CT molecular complexity index is 886. The molecule has 0 aromatic heterocycles. The van der Waals surface area contributed by atoms with Crippen molar-refractivity contribution in [3.05, 3.63) is 90.0 Å². The van der Waals surface area contributed by atoms with Crippen LogP contribution < -0.4 is 10.1 Å². The minimum Gasteiger partial charge on any atom is -0.484 e. The summed E-state index contributed by atoms with van der Waals surface area (Å²) >= 11 is 0. The van der Waals surface area contributed by atoms with Gasteiger partial charge in [-0.05, 0) is 66.1 Å². The van der Waals surface area contributed by atoms with Crippen molar-refractivity contribution in [2.75, 3.05) is 11.9 Å². The predicted molar refractivity (Wildman–Crippen MR) is 110 cm³/mol. The highest BCUT2D eigenvalue weighted by atomic mass is 16.5. The second-order valence-electron chi connectivity index (χ2n) is 6.05. The van der Waals surface area contributed by atoms with E-state index in [1.54, 1.807) is 0 Å². The highest BCUT2D eigenvalue weighted by molar-refractivity contribution is 5.91. The number of rotatable bonds is 7. The number of nitrogens with one attached hydrogen (secondary N) is 1. The molecule has 0 aliphatic carbocycles. The van der Waals surface area contributed by atoms with Crippen molar-refractivity contribution >= 4 is 23.5 Å². The van der Waals surface area contributed by atoms with Gasteiger partial charge in [0.05, 0.1) is 5.69 Å². The van der Waals surface area contributed by atoms with Crippen molar-refractivity contribution in [3.63, 3.8) is 0 Å². The summed E-state index contributed by atoms with van der Waals surface area (Å²) in [5.74, 6) is 0.449. The summed E-state index contributed by atoms with van der Waals surface area (Å²) in [7, 11) is 0. The summed E-state index contributed by atoms with van der Waals surface area (Å²) in [6, 6.07) is 25.0. The first-order valence-corrected chi connectivity index (χ1v) is 8.94. The topological polar surface area (TPSA) is 50.7 Å². The Morgan fingerprint density at radius 1 is 0.963 bits per heavy atom. The van der Waals surface area contributed by atoms with Gasteiger partial charge in [-0.3, -0.25) is 9.79 Å². The van der Waals surface area contributed by atoms with Gasteiger partial charge in [0.1, 0.15) is 5.75 Å². The van der Waals surface area contributed by atoms with Gasteiger partial charge in [0, 0.05) is 11.9 Å². The second-order valence-corrected chi connectivity index (χ2v) is 6.05. The van der Waals surface area contributed by atoms with Crippen LogP contribution in [0.25, 0.3) is 0 Å². The molecule has 0 aliphatic rings. The number of benzene rings is 3. The number of carbonyl (C=O) groups excluding carboxylic acids is 1. The lowest BCUT2D eigenvalue weighted by Gasteiger charge is -2.07. The van der Waals surface area contributed by atoms with Crippen LogP contribution >= 0.6 is 0 Å². The fourth-order valence-electron chi connectivity index (χ4n) is 2.48. The first kappa shape index (κ1) is 18.4. The third kappa shape index (κ3) is 5.82. The van der Waals surface area contributed by atoms with Crippen LogP contribution in [0.3, 0.4) is 0 Å². The molecule has 0 bridgehead atoms. The molecule has 3 aromatic carbocycles. The summed E-state index contributed by atoms with van der Waals surface area (Å²) < 4.78 is 5.53. The van der Waals surface area contributed by atoms with Crippen LogP contribution in [0.1, 0.15) is 18.1 Å². The van der Waals surface area contributed by atoms with E-state index in [4.69, 9.17) is 4.74 Å². The molecule has 0 saturated heterocycles. The third-order valence-electron chi connectivity index (χ3n) is 4.01. The molecule has 4 heteroatoms. The predicted octanol–water partition coefficient (Wildman–Crippen LogP) is 5.02. The van der Waals surface area contributed by atoms with E-state index in [-0.39, 0.29) is 12.5 Å². The molecular weight excluding hydrogens is 336 g/mol. The summed E-state index contributed by atoms with van der Waals surface area (Å²) in [6.07, 6.45) is 2.83. The average Bonchev–Trinajstić information content (AvgIpc) is 2.72. The molecule has 3 rings (SSSR count). The maximum absolute atomic E-state index is 11.9. The van der Waals surface area contributed by atoms with Gasteiger partial charge < -0.3 is 10.1 Å². The van der Waals surface area contributed by atoms with Gasteiger partial charge in [-0.25, -0.2) is 0 Å². The lowest BCUT2D eigenvalue weighted by atomic mass is 10.1. The minimum atomic E-state index is -0.192. The number of ether oxygens (including phenoxy) is 1. The summed E-state index contributed by atoms with van der Waals surface area (Å²) in [5, 5.41) is 2.78. The lowest BCUT2D eigenvalue weighted by Crippen LogP contribution is -2.20. The molecule has 0 radical (unpaired) electrons. The van der Waals surface area contributed by atoms with Gasteiger partial charge in [-0.2, -0.15) is 0 Å². The normalized spacial score (nSPS) is 10.7. The number of hydrogen-bond acceptors (Lipinski definition) is 3. The van der Waals surface area contributed by atoms with E-state index >= 15 is 0 Å². The molecule has 4 nitrogen and oxygen atoms in total. The fraction of sp³-hybridized carbons (Fsp3) is 0.130. The average molecular weight is 358 g/mol. The van der Waals surface area contributed by atoms with Crippen LogP contribution in [0.4, 0.5) is 11.4 Å². The second kappa shape index (κ2) is 9.34. The van der Waals surface area contributed by atoms with E-state index < -0.39 is 0 Å². The van der Waals surface area contributed by atoms with Gasteiger partial charge >= 0.3 is 0 Å². The zero-order chi connectivity index (χ0) is 18.9. The highest BCUT2D eigenvalue weighted by Crippen LogP contribution is 2.15. The first-order chi connectivity index (χ1) is 13.2. The van der Waals surface area contributed by atoms with Crippen molar-refractivity contribution in [1.29, 1.82) is 0 Å². The standard InChI is InChI=1S/C23H22N2O2/c1-2-18-8-12-20(13-9-18)24-16-19-10-14-22(15-11-19)27-17-23(26)25-21-6-4-3-5-7-21/h3-16H,2,17H2,1H3,(H,25,26). The molecule has 0 aliphatic heterocycles. The number of amides is 1. The Kier molecular flexibility index (Phi) is 6.36. The van der Waals surface area contributed by atoms with E-state index in [0.717, 1.165) is 23.4 Å². The van der Waals surface area contributed by atoms with Gasteiger partial charge in [0.25, 0.3) is 5.91 Å². The van der Waals surface area contributed by atoms with Crippen LogP contribution in [0.15, 0.2) is 83.9 Å². The molecule has 27 heavy (non-hydrogen) atoms. The van der Waals surface area contributed by atoms with Gasteiger partial charge in [0.2, 0.25) is 0 Å². The largest absolute Gasteiger partial charge is 0.484 e. The molecule has 0 fully saturated rings. The maximum Gasteiger partial charge on any atom is 0.262 e. The number of aryl methyl sites for hydroxylation is 1. The third-order valence-corrected chi connectivity index (χ3v) is 4.01. The first-order valence-electron chi connectivity index (χ1n) is 8.94. The monoisotopic (exact) mass is 358 g/mol. The number of hydrogen-bond donors (Lipinski definition) is 1. The quantitative estimate of drug-likeness (QED) is 0.603. The van der Waals surface area contributed by atoms with E-state index in [0.29, 0.717) is 5.75 Å². The van der Waals surface area contributed by atoms with Crippen molar-refractivity contribution < 1.29 is 9.53 Å². The fourth-order valence-corrected chi connectivity index (χ4v) is 2.48. The van der Waals surface area contributed by atoms with Crippen LogP contribution in [0, 0.1) is 0 Å². The minimum absolute atomic E-state index is 0.0356. The van der Waals surface area contributed by atoms with Gasteiger partial charge in [-0.1, -0.05) is 37.3 Å².